The summed E-state index contributed by atoms with van der Waals surface area (Å²) >= 11 is 0. The van der Waals surface area contributed by atoms with Crippen LogP contribution >= 0.6 is 0 Å². The first-order chi connectivity index (χ1) is 9.35. The first-order valence-corrected chi connectivity index (χ1v) is 8.03. The van der Waals surface area contributed by atoms with E-state index in [0.29, 0.717) is 26.2 Å². The highest BCUT2D eigenvalue weighted by molar-refractivity contribution is 7.89. The zero-order valence-corrected chi connectivity index (χ0v) is 12.9. The molecule has 0 saturated carbocycles. The average molecular weight is 299 g/mol. The summed E-state index contributed by atoms with van der Waals surface area (Å²) in [5.74, 6) is 0. The third-order valence-corrected chi connectivity index (χ3v) is 4.93. The van der Waals surface area contributed by atoms with E-state index in [0.717, 1.165) is 5.56 Å². The Balaban J connectivity index is 2.21. The van der Waals surface area contributed by atoms with Crippen LogP contribution in [0.2, 0.25) is 0 Å². The molecule has 1 aromatic heterocycles. The molecule has 6 nitrogen and oxygen atoms in total. The van der Waals surface area contributed by atoms with Crippen LogP contribution in [0.5, 0.6) is 0 Å². The molecule has 0 amide bonds. The minimum Gasteiger partial charge on any atom is -0.373 e. The van der Waals surface area contributed by atoms with Gasteiger partial charge in [-0.15, -0.1) is 0 Å². The summed E-state index contributed by atoms with van der Waals surface area (Å²) in [5.41, 5.74) is 0.492. The van der Waals surface area contributed by atoms with Gasteiger partial charge in [-0.3, -0.25) is 0 Å². The van der Waals surface area contributed by atoms with Crippen LogP contribution in [-0.2, 0) is 21.3 Å². The molecular formula is C13H21N3O3S. The number of nitrogens with one attached hydrogen (secondary N) is 1. The monoisotopic (exact) mass is 299 g/mol. The van der Waals surface area contributed by atoms with Crippen molar-refractivity contribution in [3.63, 3.8) is 0 Å². The normalized spacial score (nSPS) is 19.9. The second kappa shape index (κ2) is 5.77. The molecule has 0 radical (unpaired) electrons. The maximum absolute atomic E-state index is 12.5. The highest BCUT2D eigenvalue weighted by Gasteiger charge is 2.35. The minimum atomic E-state index is -3.54. The lowest BCUT2D eigenvalue weighted by molar-refractivity contribution is -0.0640. The maximum Gasteiger partial charge on any atom is 0.260 e. The third-order valence-electron chi connectivity index (χ3n) is 3.17. The molecule has 0 unspecified atom stereocenters. The molecule has 0 aromatic carbocycles. The first kappa shape index (κ1) is 15.4. The molecule has 0 spiro atoms. The van der Waals surface area contributed by atoms with Crippen LogP contribution in [-0.4, -0.2) is 50.1 Å². The number of morpholine rings is 1. The lowest BCUT2D eigenvalue weighted by atomic mass is 10.1. The second-order valence-corrected chi connectivity index (χ2v) is 7.37. The molecule has 0 atom stereocenters. The number of pyridine rings is 1. The molecule has 1 N–H and O–H groups in total. The summed E-state index contributed by atoms with van der Waals surface area (Å²) in [4.78, 5) is 4.08. The van der Waals surface area contributed by atoms with Gasteiger partial charge in [0.2, 0.25) is 0 Å². The van der Waals surface area contributed by atoms with Gasteiger partial charge in [-0.25, -0.2) is 13.4 Å². The summed E-state index contributed by atoms with van der Waals surface area (Å²) in [5, 5.41) is 3.09. The maximum atomic E-state index is 12.5. The smallest absolute Gasteiger partial charge is 0.260 e. The zero-order valence-electron chi connectivity index (χ0n) is 12.1. The SMILES string of the molecule is CNCc1ccc(S(=O)(=O)N2CCOC(C)(C)C2)nc1. The molecule has 1 fully saturated rings. The van der Waals surface area contributed by atoms with E-state index in [1.165, 1.54) is 4.31 Å². The Morgan fingerprint density at radius 1 is 1.45 bits per heavy atom. The van der Waals surface area contributed by atoms with Gasteiger partial charge in [0.15, 0.2) is 5.03 Å². The van der Waals surface area contributed by atoms with E-state index in [2.05, 4.69) is 10.3 Å². The fraction of sp³-hybridized carbons (Fsp3) is 0.615. The van der Waals surface area contributed by atoms with Gasteiger partial charge in [0.1, 0.15) is 0 Å². The summed E-state index contributed by atoms with van der Waals surface area (Å²) < 4.78 is 32.1. The molecule has 2 rings (SSSR count). The van der Waals surface area contributed by atoms with Crippen molar-refractivity contribution in [2.75, 3.05) is 26.7 Å². The quantitative estimate of drug-likeness (QED) is 0.881. The number of hydrogen-bond acceptors (Lipinski definition) is 5. The van der Waals surface area contributed by atoms with Gasteiger partial charge in [-0.05, 0) is 32.5 Å². The second-order valence-electron chi connectivity index (χ2n) is 5.48. The molecule has 0 bridgehead atoms. The predicted octanol–water partition coefficient (Wildman–Crippen LogP) is 0.600. The standard InChI is InChI=1S/C13H21N3O3S/c1-13(2)10-16(6-7-19-13)20(17,18)12-5-4-11(8-14-3)9-15-12/h4-5,9,14H,6-8,10H2,1-3H3. The number of aromatic nitrogens is 1. The summed E-state index contributed by atoms with van der Waals surface area (Å²) in [6, 6.07) is 3.34. The van der Waals surface area contributed by atoms with Gasteiger partial charge in [0, 0.05) is 25.8 Å². The Kier molecular flexibility index (Phi) is 4.43. The summed E-state index contributed by atoms with van der Waals surface area (Å²) in [7, 11) is -1.71. The highest BCUT2D eigenvalue weighted by Crippen LogP contribution is 2.22. The molecular weight excluding hydrogens is 278 g/mol. The Hall–Kier alpha value is -1.02. The molecule has 7 heteroatoms. The Labute approximate surface area is 120 Å². The van der Waals surface area contributed by atoms with E-state index in [1.54, 1.807) is 18.3 Å². The Morgan fingerprint density at radius 3 is 2.75 bits per heavy atom. The zero-order chi connectivity index (χ0) is 14.8. The van der Waals surface area contributed by atoms with Crippen molar-refractivity contribution < 1.29 is 13.2 Å². The van der Waals surface area contributed by atoms with Crippen LogP contribution < -0.4 is 5.32 Å². The first-order valence-electron chi connectivity index (χ1n) is 6.59. The molecule has 1 saturated heterocycles. The van der Waals surface area contributed by atoms with E-state index < -0.39 is 15.6 Å². The van der Waals surface area contributed by atoms with Crippen LogP contribution in [0.3, 0.4) is 0 Å². The van der Waals surface area contributed by atoms with Crippen molar-refractivity contribution >= 4 is 10.0 Å². The molecule has 0 aliphatic carbocycles. The lowest BCUT2D eigenvalue weighted by Gasteiger charge is -2.37. The third kappa shape index (κ3) is 3.35. The predicted molar refractivity (Wildman–Crippen MR) is 75.8 cm³/mol. The molecule has 1 aliphatic heterocycles. The van der Waals surface area contributed by atoms with Gasteiger partial charge >= 0.3 is 0 Å². The highest BCUT2D eigenvalue weighted by atomic mass is 32.2. The van der Waals surface area contributed by atoms with Crippen molar-refractivity contribution in [1.29, 1.82) is 0 Å². The van der Waals surface area contributed by atoms with Gasteiger partial charge in [0.05, 0.1) is 12.2 Å². The molecule has 20 heavy (non-hydrogen) atoms. The number of nitrogens with zero attached hydrogens (tertiary/aromatic N) is 2. The van der Waals surface area contributed by atoms with Crippen molar-refractivity contribution in [2.45, 2.75) is 31.0 Å². The summed E-state index contributed by atoms with van der Waals surface area (Å²) in [6.07, 6.45) is 1.59. The van der Waals surface area contributed by atoms with Crippen molar-refractivity contribution in [2.24, 2.45) is 0 Å². The number of hydrogen-bond donors (Lipinski definition) is 1. The molecule has 1 aromatic rings. The van der Waals surface area contributed by atoms with Crippen molar-refractivity contribution in [3.05, 3.63) is 23.9 Å². The number of rotatable bonds is 4. The van der Waals surface area contributed by atoms with E-state index >= 15 is 0 Å². The molecule has 2 heterocycles. The van der Waals surface area contributed by atoms with Gasteiger partial charge in [0.25, 0.3) is 10.0 Å². The van der Waals surface area contributed by atoms with Gasteiger partial charge in [-0.2, -0.15) is 4.31 Å². The van der Waals surface area contributed by atoms with E-state index in [9.17, 15) is 8.42 Å². The van der Waals surface area contributed by atoms with Gasteiger partial charge < -0.3 is 10.1 Å². The van der Waals surface area contributed by atoms with E-state index in [4.69, 9.17) is 4.74 Å². The fourth-order valence-electron chi connectivity index (χ4n) is 2.18. The topological polar surface area (TPSA) is 71.5 Å². The lowest BCUT2D eigenvalue weighted by Crippen LogP contribution is -2.50. The van der Waals surface area contributed by atoms with Crippen LogP contribution in [0.1, 0.15) is 19.4 Å². The average Bonchev–Trinajstić information content (AvgIpc) is 2.38. The van der Waals surface area contributed by atoms with Crippen LogP contribution in [0, 0.1) is 0 Å². The van der Waals surface area contributed by atoms with Crippen LogP contribution in [0.4, 0.5) is 0 Å². The van der Waals surface area contributed by atoms with Crippen molar-refractivity contribution in [1.82, 2.24) is 14.6 Å². The van der Waals surface area contributed by atoms with Crippen LogP contribution in [0.25, 0.3) is 0 Å². The molecule has 1 aliphatic rings. The number of ether oxygens (including phenoxy) is 1. The van der Waals surface area contributed by atoms with E-state index in [-0.39, 0.29) is 5.03 Å². The van der Waals surface area contributed by atoms with E-state index in [1.807, 2.05) is 20.9 Å². The summed E-state index contributed by atoms with van der Waals surface area (Å²) in [6.45, 7) is 5.55. The van der Waals surface area contributed by atoms with Gasteiger partial charge in [-0.1, -0.05) is 6.07 Å². The molecule has 112 valence electrons. The van der Waals surface area contributed by atoms with Crippen molar-refractivity contribution in [3.8, 4) is 0 Å². The Bertz CT molecular complexity index is 555. The fourth-order valence-corrected chi connectivity index (χ4v) is 3.67. The number of sulfonamides is 1. The Morgan fingerprint density at radius 2 is 2.20 bits per heavy atom. The minimum absolute atomic E-state index is 0.0926. The largest absolute Gasteiger partial charge is 0.373 e. The van der Waals surface area contributed by atoms with Crippen LogP contribution in [0.15, 0.2) is 23.4 Å².